The molecule has 0 heterocycles. The quantitative estimate of drug-likeness (QED) is 0.707. The second-order valence-electron chi connectivity index (χ2n) is 8.03. The number of phenols is 1. The number of hydrogen-bond acceptors (Lipinski definition) is 4. The third-order valence-electron chi connectivity index (χ3n) is 6.67. The van der Waals surface area contributed by atoms with Gasteiger partial charge < -0.3 is 19.7 Å². The van der Waals surface area contributed by atoms with Crippen molar-refractivity contribution in [2.75, 3.05) is 14.2 Å². The zero-order valence-corrected chi connectivity index (χ0v) is 16.6. The molecule has 0 saturated carbocycles. The van der Waals surface area contributed by atoms with Crippen molar-refractivity contribution < 1.29 is 19.7 Å². The number of fused-ring (bicyclic) bond motifs is 4. The first-order valence-electron chi connectivity index (χ1n) is 9.90. The van der Waals surface area contributed by atoms with E-state index in [9.17, 15) is 10.2 Å². The van der Waals surface area contributed by atoms with Crippen molar-refractivity contribution in [1.82, 2.24) is 0 Å². The molecule has 3 aromatic carbocycles. The Bertz CT molecular complexity index is 1090. The van der Waals surface area contributed by atoms with Crippen molar-refractivity contribution in [3.05, 3.63) is 88.5 Å². The van der Waals surface area contributed by atoms with Gasteiger partial charge >= 0.3 is 0 Å². The van der Waals surface area contributed by atoms with E-state index in [4.69, 9.17) is 9.47 Å². The van der Waals surface area contributed by atoms with Gasteiger partial charge in [-0.1, -0.05) is 24.3 Å². The lowest BCUT2D eigenvalue weighted by atomic mass is 9.63. The predicted molar refractivity (Wildman–Crippen MR) is 111 cm³/mol. The monoisotopic (exact) mass is 388 g/mol. The van der Waals surface area contributed by atoms with Crippen molar-refractivity contribution in [2.24, 2.45) is 5.92 Å². The first-order valence-corrected chi connectivity index (χ1v) is 9.90. The first-order chi connectivity index (χ1) is 14.0. The van der Waals surface area contributed by atoms with Gasteiger partial charge in [0, 0.05) is 5.92 Å². The van der Waals surface area contributed by atoms with Crippen LogP contribution in [0, 0.1) is 5.92 Å². The Hall–Kier alpha value is -2.98. The topological polar surface area (TPSA) is 58.9 Å². The minimum Gasteiger partial charge on any atom is -0.508 e. The van der Waals surface area contributed by atoms with Crippen LogP contribution in [0.2, 0.25) is 0 Å². The fourth-order valence-electron chi connectivity index (χ4n) is 5.30. The molecule has 0 unspecified atom stereocenters. The number of phenolic OH excluding ortho intramolecular Hbond substituents is 1. The number of methoxy groups -OCH3 is 2. The second kappa shape index (κ2) is 6.53. The van der Waals surface area contributed by atoms with Crippen LogP contribution in [0.3, 0.4) is 0 Å². The number of benzene rings is 3. The maximum absolute atomic E-state index is 12.3. The molecule has 0 bridgehead atoms. The Kier molecular flexibility index (Phi) is 4.07. The Morgan fingerprint density at radius 2 is 1.62 bits per heavy atom. The minimum absolute atomic E-state index is 0.0361. The zero-order chi connectivity index (χ0) is 20.2. The van der Waals surface area contributed by atoms with E-state index in [0.717, 1.165) is 35.5 Å². The Labute approximate surface area is 170 Å². The first kappa shape index (κ1) is 18.1. The van der Waals surface area contributed by atoms with Crippen LogP contribution in [0.4, 0.5) is 0 Å². The van der Waals surface area contributed by atoms with Crippen LogP contribution in [-0.2, 0) is 18.4 Å². The predicted octanol–water partition coefficient (Wildman–Crippen LogP) is 4.16. The van der Waals surface area contributed by atoms with E-state index in [-0.39, 0.29) is 17.6 Å². The molecule has 5 rings (SSSR count). The van der Waals surface area contributed by atoms with E-state index >= 15 is 0 Å². The van der Waals surface area contributed by atoms with Gasteiger partial charge in [-0.05, 0) is 83.0 Å². The summed E-state index contributed by atoms with van der Waals surface area (Å²) in [5, 5.41) is 22.4. The average molecular weight is 388 g/mol. The third kappa shape index (κ3) is 2.63. The molecule has 4 heteroatoms. The molecule has 2 aliphatic carbocycles. The molecule has 0 amide bonds. The molecule has 2 N–H and O–H groups in total. The molecule has 29 heavy (non-hydrogen) atoms. The van der Waals surface area contributed by atoms with E-state index in [2.05, 4.69) is 18.2 Å². The molecule has 0 saturated heterocycles. The molecule has 0 fully saturated rings. The number of hydrogen-bond donors (Lipinski definition) is 2. The van der Waals surface area contributed by atoms with Gasteiger partial charge in [0.2, 0.25) is 0 Å². The highest BCUT2D eigenvalue weighted by atomic mass is 16.5. The third-order valence-corrected chi connectivity index (χ3v) is 6.67. The normalized spacial score (nSPS) is 24.4. The van der Waals surface area contributed by atoms with Gasteiger partial charge in [-0.3, -0.25) is 0 Å². The van der Waals surface area contributed by atoms with E-state index in [1.807, 2.05) is 24.3 Å². The lowest BCUT2D eigenvalue weighted by molar-refractivity contribution is -0.000561. The van der Waals surface area contributed by atoms with Crippen LogP contribution < -0.4 is 9.47 Å². The maximum Gasteiger partial charge on any atom is 0.119 e. The Balaban J connectivity index is 1.73. The van der Waals surface area contributed by atoms with Crippen molar-refractivity contribution >= 4 is 0 Å². The van der Waals surface area contributed by atoms with Crippen LogP contribution in [-0.4, -0.2) is 24.4 Å². The summed E-state index contributed by atoms with van der Waals surface area (Å²) in [6.45, 7) is 0. The summed E-state index contributed by atoms with van der Waals surface area (Å²) in [5.41, 5.74) is 3.96. The van der Waals surface area contributed by atoms with Gasteiger partial charge in [0.15, 0.2) is 0 Å². The zero-order valence-electron chi connectivity index (χ0n) is 16.6. The SMILES string of the molecule is COc1ccc2c(c1)C[C@@H]1[C@H]2Cc2ccc(OC)cc2[C@@]1(O)c1cccc(O)c1. The summed E-state index contributed by atoms with van der Waals surface area (Å²) < 4.78 is 10.9. The van der Waals surface area contributed by atoms with E-state index in [0.29, 0.717) is 5.56 Å². The van der Waals surface area contributed by atoms with Crippen LogP contribution in [0.1, 0.15) is 33.7 Å². The summed E-state index contributed by atoms with van der Waals surface area (Å²) in [5.74, 6) is 1.87. The van der Waals surface area contributed by atoms with Crippen molar-refractivity contribution in [3.63, 3.8) is 0 Å². The Morgan fingerprint density at radius 1 is 0.862 bits per heavy atom. The molecule has 0 aliphatic heterocycles. The van der Waals surface area contributed by atoms with Crippen LogP contribution in [0.5, 0.6) is 17.2 Å². The molecule has 4 nitrogen and oxygen atoms in total. The lowest BCUT2D eigenvalue weighted by Gasteiger charge is -2.44. The van der Waals surface area contributed by atoms with Crippen molar-refractivity contribution in [2.45, 2.75) is 24.4 Å². The minimum atomic E-state index is -1.22. The van der Waals surface area contributed by atoms with Crippen LogP contribution in [0.15, 0.2) is 60.7 Å². The molecule has 2 aliphatic rings. The molecule has 3 aromatic rings. The fourth-order valence-corrected chi connectivity index (χ4v) is 5.30. The molecule has 0 radical (unpaired) electrons. The van der Waals surface area contributed by atoms with Gasteiger partial charge in [-0.25, -0.2) is 0 Å². The second-order valence-corrected chi connectivity index (χ2v) is 8.03. The standard InChI is InChI=1S/C25H24O4/c1-28-19-8-9-21-16(10-19)12-24-22(21)11-15-6-7-20(29-2)14-23(15)25(24,27)17-4-3-5-18(26)13-17/h3-10,13-14,22,24,26-27H,11-12H2,1-2H3/t22-,24+,25-/m0/s1. The lowest BCUT2D eigenvalue weighted by Crippen LogP contribution is -2.43. The molecular weight excluding hydrogens is 364 g/mol. The highest BCUT2D eigenvalue weighted by molar-refractivity contribution is 5.54. The summed E-state index contributed by atoms with van der Waals surface area (Å²) >= 11 is 0. The summed E-state index contributed by atoms with van der Waals surface area (Å²) in [6.07, 6.45) is 1.62. The number of aliphatic hydroxyl groups is 1. The van der Waals surface area contributed by atoms with Gasteiger partial charge in [0.1, 0.15) is 22.8 Å². The number of ether oxygens (including phenoxy) is 2. The van der Waals surface area contributed by atoms with Gasteiger partial charge in [0.25, 0.3) is 0 Å². The smallest absolute Gasteiger partial charge is 0.119 e. The van der Waals surface area contributed by atoms with Crippen molar-refractivity contribution in [3.8, 4) is 17.2 Å². The molecule has 0 spiro atoms. The van der Waals surface area contributed by atoms with E-state index in [1.165, 1.54) is 11.1 Å². The highest BCUT2D eigenvalue weighted by Crippen LogP contribution is 2.56. The molecule has 148 valence electrons. The number of aromatic hydroxyl groups is 1. The molecule has 0 aromatic heterocycles. The summed E-state index contributed by atoms with van der Waals surface area (Å²) in [4.78, 5) is 0. The largest absolute Gasteiger partial charge is 0.508 e. The Morgan fingerprint density at radius 3 is 2.38 bits per heavy atom. The number of rotatable bonds is 3. The van der Waals surface area contributed by atoms with Crippen LogP contribution >= 0.6 is 0 Å². The maximum atomic E-state index is 12.3. The fraction of sp³-hybridized carbons (Fsp3) is 0.280. The van der Waals surface area contributed by atoms with E-state index < -0.39 is 5.60 Å². The van der Waals surface area contributed by atoms with E-state index in [1.54, 1.807) is 32.4 Å². The molecular formula is C25H24O4. The summed E-state index contributed by atoms with van der Waals surface area (Å²) in [7, 11) is 3.31. The van der Waals surface area contributed by atoms with Gasteiger partial charge in [0.05, 0.1) is 14.2 Å². The van der Waals surface area contributed by atoms with Crippen LogP contribution in [0.25, 0.3) is 0 Å². The summed E-state index contributed by atoms with van der Waals surface area (Å²) in [6, 6.07) is 19.2. The highest BCUT2D eigenvalue weighted by Gasteiger charge is 2.52. The van der Waals surface area contributed by atoms with Crippen molar-refractivity contribution in [1.29, 1.82) is 0 Å². The van der Waals surface area contributed by atoms with Gasteiger partial charge in [-0.2, -0.15) is 0 Å². The average Bonchev–Trinajstić information content (AvgIpc) is 3.12. The van der Waals surface area contributed by atoms with Gasteiger partial charge in [-0.15, -0.1) is 0 Å². The molecule has 3 atom stereocenters.